The van der Waals surface area contributed by atoms with E-state index in [4.69, 9.17) is 9.47 Å². The van der Waals surface area contributed by atoms with E-state index in [2.05, 4.69) is 0 Å². The molecule has 0 aromatic heterocycles. The Bertz CT molecular complexity index is 1380. The molecular formula is C31H29NO5. The summed E-state index contributed by atoms with van der Waals surface area (Å²) < 4.78 is 11.1. The summed E-state index contributed by atoms with van der Waals surface area (Å²) in [4.78, 5) is 43.2. The topological polar surface area (TPSA) is 72.9 Å². The number of methoxy groups -OCH3 is 1. The molecule has 3 aromatic carbocycles. The molecule has 6 heteroatoms. The molecule has 2 aliphatic rings. The number of carbonyl (C=O) groups excluding carboxylic acids is 3. The number of nitrogens with zero attached hydrogens (tertiary/aromatic N) is 1. The van der Waals surface area contributed by atoms with E-state index >= 15 is 0 Å². The molecule has 37 heavy (non-hydrogen) atoms. The molecule has 1 saturated heterocycles. The highest BCUT2D eigenvalue weighted by atomic mass is 16.6. The third kappa shape index (κ3) is 4.12. The van der Waals surface area contributed by atoms with E-state index in [0.29, 0.717) is 28.9 Å². The van der Waals surface area contributed by atoms with Crippen LogP contribution in [-0.4, -0.2) is 35.3 Å². The number of likely N-dealkylation sites (tertiary alicyclic amines) is 1. The lowest BCUT2D eigenvalue weighted by atomic mass is 9.82. The van der Waals surface area contributed by atoms with Crippen LogP contribution in [0.3, 0.4) is 0 Å². The molecule has 0 N–H and O–H groups in total. The van der Waals surface area contributed by atoms with Gasteiger partial charge in [-0.2, -0.15) is 0 Å². The Balaban J connectivity index is 1.62. The first-order valence-corrected chi connectivity index (χ1v) is 12.4. The van der Waals surface area contributed by atoms with E-state index in [0.717, 1.165) is 16.7 Å². The van der Waals surface area contributed by atoms with Gasteiger partial charge in [0.05, 0.1) is 7.11 Å². The molecule has 0 saturated carbocycles. The van der Waals surface area contributed by atoms with Crippen LogP contribution in [0.2, 0.25) is 0 Å². The van der Waals surface area contributed by atoms with E-state index in [-0.39, 0.29) is 13.0 Å². The summed E-state index contributed by atoms with van der Waals surface area (Å²) in [5.41, 5.74) is 2.43. The van der Waals surface area contributed by atoms with Crippen molar-refractivity contribution in [2.45, 2.75) is 44.9 Å². The third-order valence-electron chi connectivity index (χ3n) is 7.23. The fourth-order valence-corrected chi connectivity index (χ4v) is 5.28. The van der Waals surface area contributed by atoms with Crippen LogP contribution >= 0.6 is 0 Å². The van der Waals surface area contributed by atoms with Gasteiger partial charge in [0.25, 0.3) is 11.5 Å². The molecule has 0 aliphatic carbocycles. The monoisotopic (exact) mass is 495 g/mol. The highest BCUT2D eigenvalue weighted by molar-refractivity contribution is 6.24. The van der Waals surface area contributed by atoms with Gasteiger partial charge in [0, 0.05) is 17.7 Å². The third-order valence-corrected chi connectivity index (χ3v) is 7.23. The zero-order chi connectivity index (χ0) is 26.2. The van der Waals surface area contributed by atoms with E-state index in [1.165, 1.54) is 0 Å². The van der Waals surface area contributed by atoms with Crippen molar-refractivity contribution in [3.8, 4) is 5.75 Å². The van der Waals surface area contributed by atoms with Gasteiger partial charge in [0.2, 0.25) is 5.78 Å². The van der Waals surface area contributed by atoms with Crippen molar-refractivity contribution in [1.82, 2.24) is 4.90 Å². The van der Waals surface area contributed by atoms with Gasteiger partial charge in [-0.1, -0.05) is 79.2 Å². The zero-order valence-electron chi connectivity index (χ0n) is 21.2. The standard InChI is InChI=1S/C31H29NO5/c1-4-25-26(18-21-12-10-20(2)11-13-21)31(37-29(25)34)28(33)27(23-8-6-5-7-9-23)32(30(31)35)19-22-14-16-24(36-3)17-15-22/h5-17,27H,4,18-19H2,1-3H3/t27-,31+/m1/s1. The number of hydrogen-bond donors (Lipinski definition) is 0. The van der Waals surface area contributed by atoms with Crippen LogP contribution in [0.4, 0.5) is 0 Å². The molecule has 0 bridgehead atoms. The fourth-order valence-electron chi connectivity index (χ4n) is 5.28. The van der Waals surface area contributed by atoms with Gasteiger partial charge in [-0.05, 0) is 48.6 Å². The number of Topliss-reactive ketones (excluding diaryl/α,β-unsaturated/α-hetero) is 1. The average Bonchev–Trinajstić information content (AvgIpc) is 3.31. The van der Waals surface area contributed by atoms with Crippen molar-refractivity contribution in [2.24, 2.45) is 0 Å². The maximum absolute atomic E-state index is 14.3. The van der Waals surface area contributed by atoms with E-state index < -0.39 is 29.3 Å². The van der Waals surface area contributed by atoms with Gasteiger partial charge in [-0.3, -0.25) is 9.59 Å². The molecule has 1 spiro atoms. The van der Waals surface area contributed by atoms with E-state index in [9.17, 15) is 14.4 Å². The molecular weight excluding hydrogens is 466 g/mol. The molecule has 188 valence electrons. The summed E-state index contributed by atoms with van der Waals surface area (Å²) >= 11 is 0. The van der Waals surface area contributed by atoms with Crippen LogP contribution in [0.5, 0.6) is 5.75 Å². The number of amides is 1. The number of ketones is 1. The smallest absolute Gasteiger partial charge is 0.335 e. The number of hydrogen-bond acceptors (Lipinski definition) is 5. The first-order valence-electron chi connectivity index (χ1n) is 12.4. The molecule has 1 amide bonds. The maximum atomic E-state index is 14.3. The number of benzene rings is 3. The van der Waals surface area contributed by atoms with Gasteiger partial charge in [-0.15, -0.1) is 0 Å². The van der Waals surface area contributed by atoms with Crippen molar-refractivity contribution in [3.05, 3.63) is 112 Å². The molecule has 0 radical (unpaired) electrons. The molecule has 2 aliphatic heterocycles. The normalized spacial score (nSPS) is 21.2. The Kier molecular flexibility index (Phi) is 6.42. The van der Waals surface area contributed by atoms with Crippen molar-refractivity contribution >= 4 is 17.7 Å². The minimum atomic E-state index is -1.96. The number of rotatable bonds is 7. The number of carbonyl (C=O) groups is 3. The van der Waals surface area contributed by atoms with Crippen molar-refractivity contribution in [2.75, 3.05) is 7.11 Å². The van der Waals surface area contributed by atoms with Crippen LogP contribution < -0.4 is 4.74 Å². The van der Waals surface area contributed by atoms with Gasteiger partial charge in [0.1, 0.15) is 11.8 Å². The number of ether oxygens (including phenoxy) is 2. The second-order valence-corrected chi connectivity index (χ2v) is 9.50. The lowest BCUT2D eigenvalue weighted by Gasteiger charge is -2.25. The first kappa shape index (κ1) is 24.5. The van der Waals surface area contributed by atoms with Gasteiger partial charge >= 0.3 is 5.97 Å². The lowest BCUT2D eigenvalue weighted by Crippen LogP contribution is -2.46. The first-order chi connectivity index (χ1) is 17.9. The Hall–Kier alpha value is -4.19. The van der Waals surface area contributed by atoms with E-state index in [1.54, 1.807) is 12.0 Å². The molecule has 2 atom stereocenters. The quantitative estimate of drug-likeness (QED) is 0.344. The van der Waals surface area contributed by atoms with Crippen molar-refractivity contribution in [1.29, 1.82) is 0 Å². The van der Waals surface area contributed by atoms with Crippen molar-refractivity contribution in [3.63, 3.8) is 0 Å². The van der Waals surface area contributed by atoms with Crippen LogP contribution in [0.15, 0.2) is 90.0 Å². The van der Waals surface area contributed by atoms with Gasteiger partial charge in [-0.25, -0.2) is 4.79 Å². The van der Waals surface area contributed by atoms with Crippen LogP contribution in [0.25, 0.3) is 0 Å². The maximum Gasteiger partial charge on any atom is 0.335 e. The Morgan fingerprint density at radius 3 is 2.16 bits per heavy atom. The van der Waals surface area contributed by atoms with E-state index in [1.807, 2.05) is 92.7 Å². The predicted molar refractivity (Wildman–Crippen MR) is 139 cm³/mol. The molecule has 3 aromatic rings. The lowest BCUT2D eigenvalue weighted by molar-refractivity contribution is -0.161. The van der Waals surface area contributed by atoms with Crippen LogP contribution in [0, 0.1) is 6.92 Å². The largest absolute Gasteiger partial charge is 0.497 e. The second-order valence-electron chi connectivity index (χ2n) is 9.50. The minimum Gasteiger partial charge on any atom is -0.497 e. The average molecular weight is 496 g/mol. The van der Waals surface area contributed by atoms with Crippen LogP contribution in [-0.2, 0) is 32.1 Å². The van der Waals surface area contributed by atoms with Gasteiger partial charge < -0.3 is 14.4 Å². The molecule has 1 fully saturated rings. The summed E-state index contributed by atoms with van der Waals surface area (Å²) in [5, 5.41) is 0. The molecule has 5 rings (SSSR count). The van der Waals surface area contributed by atoms with Gasteiger partial charge in [0.15, 0.2) is 0 Å². The second kappa shape index (κ2) is 9.69. The summed E-state index contributed by atoms with van der Waals surface area (Å²) in [7, 11) is 1.59. The minimum absolute atomic E-state index is 0.187. The fraction of sp³-hybridized carbons (Fsp3) is 0.258. The summed E-state index contributed by atoms with van der Waals surface area (Å²) in [5.74, 6) is -0.814. The molecule has 6 nitrogen and oxygen atoms in total. The Morgan fingerprint density at radius 2 is 1.54 bits per heavy atom. The number of esters is 1. The molecule has 0 unspecified atom stereocenters. The summed E-state index contributed by atoms with van der Waals surface area (Å²) in [6.07, 6.45) is 0.654. The molecule has 2 heterocycles. The van der Waals surface area contributed by atoms with Crippen molar-refractivity contribution < 1.29 is 23.9 Å². The highest BCUT2D eigenvalue weighted by Gasteiger charge is 2.67. The Labute approximate surface area is 216 Å². The number of aryl methyl sites for hydroxylation is 1. The SMILES string of the molecule is CCC1=C(Cc2ccc(C)cc2)[C@]2(OC1=O)C(=O)[C@@H](c1ccccc1)N(Cc1ccc(OC)cc1)C2=O. The summed E-state index contributed by atoms with van der Waals surface area (Å²) in [6.45, 7) is 4.03. The summed E-state index contributed by atoms with van der Waals surface area (Å²) in [6, 6.07) is 23.6. The Morgan fingerprint density at radius 1 is 0.892 bits per heavy atom. The van der Waals surface area contributed by atoms with Crippen LogP contribution in [0.1, 0.15) is 41.6 Å². The highest BCUT2D eigenvalue weighted by Crippen LogP contribution is 2.48. The zero-order valence-corrected chi connectivity index (χ0v) is 21.2. The predicted octanol–water partition coefficient (Wildman–Crippen LogP) is 4.90.